The molecule has 0 amide bonds. The van der Waals surface area contributed by atoms with Gasteiger partial charge in [0.2, 0.25) is 0 Å². The van der Waals surface area contributed by atoms with Crippen LogP contribution in [0.25, 0.3) is 0 Å². The fourth-order valence-electron chi connectivity index (χ4n) is 0.968. The Labute approximate surface area is 99.1 Å². The van der Waals surface area contributed by atoms with Gasteiger partial charge in [-0.25, -0.2) is 8.78 Å². The summed E-state index contributed by atoms with van der Waals surface area (Å²) in [5.74, 6) is -4.53. The molecular weight excluding hydrogens is 264 g/mol. The van der Waals surface area contributed by atoms with Crippen molar-refractivity contribution in [2.75, 3.05) is 6.61 Å². The number of hydrogen-bond donors (Lipinski definition) is 0. The van der Waals surface area contributed by atoms with Gasteiger partial charge in [-0.2, -0.15) is 8.78 Å². The third-order valence-corrected chi connectivity index (χ3v) is 2.08. The Morgan fingerprint density at radius 3 is 2.59 bits per heavy atom. The van der Waals surface area contributed by atoms with Gasteiger partial charge in [-0.3, -0.25) is 4.79 Å². The average molecular weight is 271 g/mol. The molecular formula is C10H7ClF4O2. The molecule has 0 aliphatic heterocycles. The zero-order chi connectivity index (χ0) is 13.1. The van der Waals surface area contributed by atoms with Crippen molar-refractivity contribution in [1.82, 2.24) is 0 Å². The van der Waals surface area contributed by atoms with Crippen LogP contribution in [0.1, 0.15) is 10.4 Å². The van der Waals surface area contributed by atoms with Gasteiger partial charge < -0.3 is 4.74 Å². The fourth-order valence-corrected chi connectivity index (χ4v) is 1.13. The largest absolute Gasteiger partial charge is 0.486 e. The minimum atomic E-state index is -4.28. The summed E-state index contributed by atoms with van der Waals surface area (Å²) in [5.41, 5.74) is -0.0422. The first-order chi connectivity index (χ1) is 7.86. The molecule has 7 heteroatoms. The quantitative estimate of drug-likeness (QED) is 0.605. The maximum Gasteiger partial charge on any atom is 0.340 e. The lowest BCUT2D eigenvalue weighted by Gasteiger charge is -2.16. The zero-order valence-corrected chi connectivity index (χ0v) is 9.06. The van der Waals surface area contributed by atoms with Crippen LogP contribution in [0.4, 0.5) is 17.6 Å². The number of carbonyl (C=O) groups is 1. The summed E-state index contributed by atoms with van der Waals surface area (Å²) in [6.07, 6.45) is -3.48. The molecule has 94 valence electrons. The number of halogens is 5. The number of benzene rings is 1. The van der Waals surface area contributed by atoms with E-state index in [-0.39, 0.29) is 16.3 Å². The molecule has 2 nitrogen and oxygen atoms in total. The number of hydrogen-bond acceptors (Lipinski definition) is 2. The first-order valence-corrected chi connectivity index (χ1v) is 4.78. The average Bonchev–Trinajstić information content (AvgIpc) is 2.26. The Kier molecular flexibility index (Phi) is 4.34. The second-order valence-electron chi connectivity index (χ2n) is 3.15. The SMILES string of the molecule is O=Cc1ccc(Cl)cc1OCC(F)(F)C(F)F. The molecule has 1 rings (SSSR count). The van der Waals surface area contributed by atoms with E-state index in [0.717, 1.165) is 6.07 Å². The van der Waals surface area contributed by atoms with E-state index in [0.29, 0.717) is 6.29 Å². The predicted molar refractivity (Wildman–Crippen MR) is 53.3 cm³/mol. The van der Waals surface area contributed by atoms with Crippen molar-refractivity contribution in [3.8, 4) is 5.75 Å². The number of rotatable bonds is 5. The molecule has 0 radical (unpaired) electrons. The molecule has 0 bridgehead atoms. The van der Waals surface area contributed by atoms with E-state index in [1.165, 1.54) is 12.1 Å². The van der Waals surface area contributed by atoms with Gasteiger partial charge >= 0.3 is 12.3 Å². The van der Waals surface area contributed by atoms with Crippen LogP contribution in [0.3, 0.4) is 0 Å². The van der Waals surface area contributed by atoms with E-state index >= 15 is 0 Å². The molecule has 0 spiro atoms. The highest BCUT2D eigenvalue weighted by molar-refractivity contribution is 6.30. The molecule has 0 saturated heterocycles. The van der Waals surface area contributed by atoms with Crippen molar-refractivity contribution in [3.63, 3.8) is 0 Å². The van der Waals surface area contributed by atoms with Crippen molar-refractivity contribution in [2.45, 2.75) is 12.3 Å². The van der Waals surface area contributed by atoms with Crippen LogP contribution in [0, 0.1) is 0 Å². The highest BCUT2D eigenvalue weighted by atomic mass is 35.5. The summed E-state index contributed by atoms with van der Waals surface area (Å²) in [4.78, 5) is 10.5. The smallest absolute Gasteiger partial charge is 0.340 e. The molecule has 0 unspecified atom stereocenters. The van der Waals surface area contributed by atoms with Crippen molar-refractivity contribution >= 4 is 17.9 Å². The number of alkyl halides is 4. The third-order valence-electron chi connectivity index (χ3n) is 1.84. The van der Waals surface area contributed by atoms with Crippen molar-refractivity contribution in [2.24, 2.45) is 0 Å². The van der Waals surface area contributed by atoms with Gasteiger partial charge in [0.15, 0.2) is 12.9 Å². The van der Waals surface area contributed by atoms with Crippen LogP contribution in [0.2, 0.25) is 5.02 Å². The lowest BCUT2D eigenvalue weighted by molar-refractivity contribution is -0.148. The van der Waals surface area contributed by atoms with Gasteiger partial charge in [-0.1, -0.05) is 11.6 Å². The second kappa shape index (κ2) is 5.35. The molecule has 0 aliphatic carbocycles. The third kappa shape index (κ3) is 3.59. The molecule has 17 heavy (non-hydrogen) atoms. The molecule has 0 aromatic heterocycles. The fraction of sp³-hybridized carbons (Fsp3) is 0.300. The van der Waals surface area contributed by atoms with Crippen molar-refractivity contribution in [1.29, 1.82) is 0 Å². The molecule has 1 aromatic carbocycles. The standard InChI is InChI=1S/C10H7ClF4O2/c11-7-2-1-6(4-16)8(3-7)17-5-10(14,15)9(12)13/h1-4,9H,5H2. The number of carbonyl (C=O) groups excluding carboxylic acids is 1. The van der Waals surface area contributed by atoms with Crippen LogP contribution < -0.4 is 4.74 Å². The van der Waals surface area contributed by atoms with Gasteiger partial charge in [0.05, 0.1) is 5.56 Å². The minimum Gasteiger partial charge on any atom is -0.486 e. The lowest BCUT2D eigenvalue weighted by Crippen LogP contribution is -2.33. The van der Waals surface area contributed by atoms with Gasteiger partial charge in [-0.15, -0.1) is 0 Å². The zero-order valence-electron chi connectivity index (χ0n) is 8.30. The molecule has 0 atom stereocenters. The summed E-state index contributed by atoms with van der Waals surface area (Å²) >= 11 is 5.55. The molecule has 0 N–H and O–H groups in total. The molecule has 0 fully saturated rings. The van der Waals surface area contributed by atoms with Crippen LogP contribution in [-0.4, -0.2) is 25.2 Å². The molecule has 0 aliphatic rings. The van der Waals surface area contributed by atoms with Crippen LogP contribution in [-0.2, 0) is 0 Å². The monoisotopic (exact) mass is 270 g/mol. The summed E-state index contributed by atoms with van der Waals surface area (Å²) in [6, 6.07) is 3.70. The summed E-state index contributed by atoms with van der Waals surface area (Å²) in [7, 11) is 0. The highest BCUT2D eigenvalue weighted by Gasteiger charge is 2.41. The van der Waals surface area contributed by atoms with E-state index in [9.17, 15) is 22.4 Å². The molecule has 0 saturated carbocycles. The van der Waals surface area contributed by atoms with Crippen molar-refractivity contribution in [3.05, 3.63) is 28.8 Å². The lowest BCUT2D eigenvalue weighted by atomic mass is 10.2. The summed E-state index contributed by atoms with van der Waals surface area (Å²) < 4.78 is 53.3. The topological polar surface area (TPSA) is 26.3 Å². The normalized spacial score (nSPS) is 11.6. The van der Waals surface area contributed by atoms with E-state index in [1.807, 2.05) is 0 Å². The van der Waals surface area contributed by atoms with Crippen LogP contribution >= 0.6 is 11.6 Å². The van der Waals surface area contributed by atoms with E-state index < -0.39 is 19.0 Å². The Morgan fingerprint density at radius 1 is 1.41 bits per heavy atom. The number of aldehydes is 1. The van der Waals surface area contributed by atoms with Gasteiger partial charge in [-0.05, 0) is 18.2 Å². The summed E-state index contributed by atoms with van der Waals surface area (Å²) in [6.45, 7) is -1.52. The highest BCUT2D eigenvalue weighted by Crippen LogP contribution is 2.27. The number of ether oxygens (including phenoxy) is 1. The van der Waals surface area contributed by atoms with Crippen LogP contribution in [0.15, 0.2) is 18.2 Å². The Morgan fingerprint density at radius 2 is 2.06 bits per heavy atom. The Balaban J connectivity index is 2.81. The Bertz CT molecular complexity index is 409. The van der Waals surface area contributed by atoms with Gasteiger partial charge in [0, 0.05) is 5.02 Å². The van der Waals surface area contributed by atoms with Gasteiger partial charge in [0.25, 0.3) is 0 Å². The second-order valence-corrected chi connectivity index (χ2v) is 3.59. The van der Waals surface area contributed by atoms with E-state index in [4.69, 9.17) is 11.6 Å². The van der Waals surface area contributed by atoms with Crippen LogP contribution in [0.5, 0.6) is 5.75 Å². The molecule has 1 aromatic rings. The molecule has 0 heterocycles. The maximum atomic E-state index is 12.6. The maximum absolute atomic E-state index is 12.6. The van der Waals surface area contributed by atoms with E-state index in [1.54, 1.807) is 0 Å². The van der Waals surface area contributed by atoms with Crippen molar-refractivity contribution < 1.29 is 27.1 Å². The van der Waals surface area contributed by atoms with Gasteiger partial charge in [0.1, 0.15) is 5.75 Å². The predicted octanol–water partition coefficient (Wildman–Crippen LogP) is 3.43. The minimum absolute atomic E-state index is 0.0422. The Hall–Kier alpha value is -1.30. The van der Waals surface area contributed by atoms with E-state index in [2.05, 4.69) is 4.74 Å². The summed E-state index contributed by atoms with van der Waals surface area (Å²) in [5, 5.41) is 0.144. The first-order valence-electron chi connectivity index (χ1n) is 4.40. The first kappa shape index (κ1) is 13.8.